The molecular weight excluding hydrogens is 381 g/mol. The van der Waals surface area contributed by atoms with E-state index < -0.39 is 23.5 Å². The molecule has 0 aliphatic carbocycles. The van der Waals surface area contributed by atoms with Crippen molar-refractivity contribution in [3.63, 3.8) is 0 Å². The van der Waals surface area contributed by atoms with Crippen LogP contribution in [0.25, 0.3) is 0 Å². The zero-order valence-electron chi connectivity index (χ0n) is 11.9. The molecule has 0 radical (unpaired) electrons. The third kappa shape index (κ3) is 90.3. The lowest BCUT2D eigenvalue weighted by atomic mass is 10.2. The molecule has 0 bridgehead atoms. The van der Waals surface area contributed by atoms with Gasteiger partial charge in [-0.1, -0.05) is 35.4 Å². The first-order valence-electron chi connectivity index (χ1n) is 5.17. The van der Waals surface area contributed by atoms with Gasteiger partial charge >= 0.3 is 23.5 Å². The lowest BCUT2D eigenvalue weighted by Crippen LogP contribution is -1.71. The summed E-state index contributed by atoms with van der Waals surface area (Å²) in [6.45, 7) is 4.21. The van der Waals surface area contributed by atoms with Gasteiger partial charge < -0.3 is 44.0 Å². The van der Waals surface area contributed by atoms with Gasteiger partial charge in [-0.25, -0.2) is 13.7 Å². The van der Waals surface area contributed by atoms with Gasteiger partial charge in [0.15, 0.2) is 0 Å². The molecule has 0 saturated heterocycles. The minimum absolute atomic E-state index is 1.34. The van der Waals surface area contributed by atoms with Crippen molar-refractivity contribution < 1.29 is 57.7 Å². The summed E-state index contributed by atoms with van der Waals surface area (Å²) in [5, 5.41) is 0. The van der Waals surface area contributed by atoms with Crippen molar-refractivity contribution in [1.82, 2.24) is 0 Å². The molecule has 0 unspecified atom stereocenters. The van der Waals surface area contributed by atoms with Crippen molar-refractivity contribution >= 4 is 23.5 Å². The van der Waals surface area contributed by atoms with Gasteiger partial charge in [0.2, 0.25) is 0 Å². The highest BCUT2D eigenvalue weighted by Gasteiger charge is 2.01. The molecule has 0 atom stereocenters. The molecule has 0 heterocycles. The van der Waals surface area contributed by atoms with Crippen LogP contribution < -0.4 is 0 Å². The second kappa shape index (κ2) is 12.0. The summed E-state index contributed by atoms with van der Waals surface area (Å²) < 4.78 is 26.6. The monoisotopic (exact) mass is 400 g/mol. The Kier molecular flexibility index (Phi) is 14.3. The predicted octanol–water partition coefficient (Wildman–Crippen LogP) is -0.482. The third-order valence-corrected chi connectivity index (χ3v) is 1.17. The number of hydrogen-bond acceptors (Lipinski definition) is 3. The number of hydrogen-bond donors (Lipinski definition) is 9. The van der Waals surface area contributed by atoms with E-state index in [0.717, 1.165) is 0 Å². The van der Waals surface area contributed by atoms with Crippen LogP contribution in [0.3, 0.4) is 0 Å². The fraction of sp³-hybridized carbons (Fsp3) is 0.250. The van der Waals surface area contributed by atoms with Crippen LogP contribution in [0.5, 0.6) is 0 Å². The Labute approximate surface area is 131 Å². The normalized spacial score (nSPS) is 10.9. The van der Waals surface area contributed by atoms with E-state index in [4.69, 9.17) is 57.7 Å². The first kappa shape index (κ1) is 27.4. The van der Waals surface area contributed by atoms with Crippen LogP contribution in [-0.2, 0) is 13.7 Å². The van der Waals surface area contributed by atoms with E-state index in [1.165, 1.54) is 11.1 Å². The largest absolute Gasteiger partial charge is 0.466 e. The topological polar surface area (TPSA) is 233 Å². The Morgan fingerprint density at radius 2 is 0.783 bits per heavy atom. The molecule has 0 fully saturated rings. The zero-order valence-corrected chi connectivity index (χ0v) is 14.6. The molecule has 0 spiro atoms. The van der Waals surface area contributed by atoms with Crippen LogP contribution in [0.4, 0.5) is 0 Å². The molecule has 0 aliphatic heterocycles. The maximum absolute atomic E-state index is 8.88. The standard InChI is InChI=1S/C8H10.3H3O4P/c1-7-4-3-5-8(2)6-7;3*1-5(2,3)4/h3-6H,1-2H3;3*(H3,1,2,3,4). The van der Waals surface area contributed by atoms with Crippen molar-refractivity contribution in [2.45, 2.75) is 13.8 Å². The summed E-state index contributed by atoms with van der Waals surface area (Å²) in [4.78, 5) is 64.7. The van der Waals surface area contributed by atoms with Crippen LogP contribution in [0.15, 0.2) is 24.3 Å². The van der Waals surface area contributed by atoms with E-state index in [2.05, 4.69) is 38.1 Å². The average Bonchev–Trinajstić information content (AvgIpc) is 2.07. The van der Waals surface area contributed by atoms with Gasteiger partial charge in [0.05, 0.1) is 0 Å². The van der Waals surface area contributed by atoms with Gasteiger partial charge in [-0.2, -0.15) is 0 Å². The fourth-order valence-electron chi connectivity index (χ4n) is 0.807. The van der Waals surface area contributed by atoms with E-state index in [9.17, 15) is 0 Å². The number of rotatable bonds is 0. The highest BCUT2D eigenvalue weighted by Crippen LogP contribution is 2.26. The smallest absolute Gasteiger partial charge is 0.303 e. The first-order valence-corrected chi connectivity index (χ1v) is 9.86. The van der Waals surface area contributed by atoms with E-state index in [1.807, 2.05) is 0 Å². The van der Waals surface area contributed by atoms with Crippen LogP contribution >= 0.6 is 23.5 Å². The van der Waals surface area contributed by atoms with Crippen molar-refractivity contribution in [2.24, 2.45) is 0 Å². The molecule has 9 N–H and O–H groups in total. The summed E-state index contributed by atoms with van der Waals surface area (Å²) >= 11 is 0. The average molecular weight is 400 g/mol. The summed E-state index contributed by atoms with van der Waals surface area (Å²) in [6.07, 6.45) is 0. The minimum Gasteiger partial charge on any atom is -0.303 e. The molecule has 1 rings (SSSR count). The Morgan fingerprint density at radius 3 is 0.870 bits per heavy atom. The summed E-state index contributed by atoms with van der Waals surface area (Å²) in [7, 11) is -13.9. The minimum atomic E-state index is -4.64. The Balaban J connectivity index is -0.000000240. The highest BCUT2D eigenvalue weighted by atomic mass is 31.2. The predicted molar refractivity (Wildman–Crippen MR) is 78.7 cm³/mol. The molecule has 23 heavy (non-hydrogen) atoms. The molecule has 0 saturated carbocycles. The van der Waals surface area contributed by atoms with E-state index >= 15 is 0 Å². The molecule has 15 heteroatoms. The van der Waals surface area contributed by atoms with Gasteiger partial charge in [0.1, 0.15) is 0 Å². The number of phosphoric acid groups is 3. The molecule has 138 valence electrons. The van der Waals surface area contributed by atoms with Crippen molar-refractivity contribution in [3.8, 4) is 0 Å². The van der Waals surface area contributed by atoms with E-state index in [1.54, 1.807) is 0 Å². The van der Waals surface area contributed by atoms with Gasteiger partial charge in [-0.15, -0.1) is 0 Å². The quantitative estimate of drug-likeness (QED) is 0.251. The maximum atomic E-state index is 8.88. The van der Waals surface area contributed by atoms with Gasteiger partial charge in [0, 0.05) is 0 Å². The van der Waals surface area contributed by atoms with Gasteiger partial charge in [-0.3, -0.25) is 0 Å². The molecule has 0 amide bonds. The SMILES string of the molecule is Cc1cccc(C)c1.O=P(O)(O)O.O=P(O)(O)O.O=P(O)(O)O. The summed E-state index contributed by atoms with van der Waals surface area (Å²) in [5.41, 5.74) is 2.68. The number of aryl methyl sites for hydroxylation is 2. The Hall–Kier alpha value is -0.450. The lowest BCUT2D eigenvalue weighted by Gasteiger charge is -1.90. The molecular formula is C8H19O12P3. The van der Waals surface area contributed by atoms with Crippen molar-refractivity contribution in [2.75, 3.05) is 0 Å². The second-order valence-corrected chi connectivity index (χ2v) is 6.78. The van der Waals surface area contributed by atoms with Gasteiger partial charge in [-0.05, 0) is 13.8 Å². The first-order chi connectivity index (χ1) is 9.79. The lowest BCUT2D eigenvalue weighted by molar-refractivity contribution is 0.272. The number of benzene rings is 1. The molecule has 0 aliphatic rings. The van der Waals surface area contributed by atoms with E-state index in [0.29, 0.717) is 0 Å². The van der Waals surface area contributed by atoms with Crippen LogP contribution in [0, 0.1) is 13.8 Å². The summed E-state index contributed by atoms with van der Waals surface area (Å²) in [6, 6.07) is 8.45. The van der Waals surface area contributed by atoms with Crippen LogP contribution in [-0.4, -0.2) is 44.0 Å². The fourth-order valence-corrected chi connectivity index (χ4v) is 0.807. The van der Waals surface area contributed by atoms with Crippen molar-refractivity contribution in [1.29, 1.82) is 0 Å². The highest BCUT2D eigenvalue weighted by molar-refractivity contribution is 7.45. The van der Waals surface area contributed by atoms with Gasteiger partial charge in [0.25, 0.3) is 0 Å². The summed E-state index contributed by atoms with van der Waals surface area (Å²) in [5.74, 6) is 0. The Bertz CT molecular complexity index is 480. The van der Waals surface area contributed by atoms with E-state index in [-0.39, 0.29) is 0 Å². The van der Waals surface area contributed by atoms with Crippen molar-refractivity contribution in [3.05, 3.63) is 35.4 Å². The van der Waals surface area contributed by atoms with Crippen LogP contribution in [0.2, 0.25) is 0 Å². The molecule has 1 aromatic rings. The van der Waals surface area contributed by atoms with Crippen LogP contribution in [0.1, 0.15) is 11.1 Å². The molecule has 12 nitrogen and oxygen atoms in total. The second-order valence-electron chi connectivity index (χ2n) is 3.70. The molecule has 0 aromatic heterocycles. The third-order valence-electron chi connectivity index (χ3n) is 1.17. The maximum Gasteiger partial charge on any atom is 0.466 e. The Morgan fingerprint density at radius 1 is 0.609 bits per heavy atom. The molecule has 1 aromatic carbocycles. The zero-order chi connectivity index (χ0) is 19.5.